The van der Waals surface area contributed by atoms with Gasteiger partial charge in [0.2, 0.25) is 0 Å². The fourth-order valence-corrected chi connectivity index (χ4v) is 3.08. The zero-order chi connectivity index (χ0) is 16.2. The van der Waals surface area contributed by atoms with Gasteiger partial charge in [-0.25, -0.2) is 4.79 Å². The Morgan fingerprint density at radius 2 is 2.41 bits per heavy atom. The number of methoxy groups -OCH3 is 1. The van der Waals surface area contributed by atoms with Gasteiger partial charge < -0.3 is 15.0 Å². The van der Waals surface area contributed by atoms with E-state index in [1.54, 1.807) is 13.3 Å². The van der Waals surface area contributed by atoms with Gasteiger partial charge in [-0.1, -0.05) is 0 Å². The second-order valence-electron chi connectivity index (χ2n) is 6.82. The first-order valence-corrected chi connectivity index (χ1v) is 8.01. The summed E-state index contributed by atoms with van der Waals surface area (Å²) in [5, 5.41) is 10.1. The van der Waals surface area contributed by atoms with Gasteiger partial charge in [0.25, 0.3) is 0 Å². The number of ether oxygens (including phenoxy) is 1. The summed E-state index contributed by atoms with van der Waals surface area (Å²) in [5.74, 6) is 0.354. The Balaban J connectivity index is 1.87. The molecule has 0 spiro atoms. The lowest BCUT2D eigenvalue weighted by Gasteiger charge is -2.34. The van der Waals surface area contributed by atoms with Gasteiger partial charge in [-0.2, -0.15) is 5.10 Å². The maximum absolute atomic E-state index is 12.4. The van der Waals surface area contributed by atoms with E-state index < -0.39 is 0 Å². The Morgan fingerprint density at radius 3 is 3.05 bits per heavy atom. The summed E-state index contributed by atoms with van der Waals surface area (Å²) in [4.78, 5) is 14.4. The van der Waals surface area contributed by atoms with E-state index >= 15 is 0 Å². The number of hydrogen-bond donors (Lipinski definition) is 2. The molecule has 6 heteroatoms. The molecule has 0 aromatic carbocycles. The van der Waals surface area contributed by atoms with Crippen LogP contribution in [0.4, 0.5) is 4.79 Å². The lowest BCUT2D eigenvalue weighted by Crippen LogP contribution is -2.49. The Labute approximate surface area is 132 Å². The lowest BCUT2D eigenvalue weighted by atomic mass is 9.95. The Kier molecular flexibility index (Phi) is 5.45. The van der Waals surface area contributed by atoms with Crippen LogP contribution in [0.2, 0.25) is 0 Å². The van der Waals surface area contributed by atoms with E-state index in [9.17, 15) is 4.79 Å². The van der Waals surface area contributed by atoms with E-state index in [-0.39, 0.29) is 17.7 Å². The average molecular weight is 308 g/mol. The summed E-state index contributed by atoms with van der Waals surface area (Å²) in [6.45, 7) is 7.65. The third-order valence-corrected chi connectivity index (χ3v) is 4.39. The summed E-state index contributed by atoms with van der Waals surface area (Å²) >= 11 is 0. The standard InChI is InChI=1S/C16H28N4O2/c1-12(10-16(2,3)22-4)18-15(21)20-9-5-6-13(11-20)14-7-8-17-19-14/h7-8,12-13H,5-6,9-11H2,1-4H3,(H,17,19)(H,18,21)/t12-,13+/m1/s1. The number of carbonyl (C=O) groups excluding carboxylic acids is 1. The van der Waals surface area contributed by atoms with Crippen molar-refractivity contribution in [3.05, 3.63) is 18.0 Å². The molecule has 0 unspecified atom stereocenters. The summed E-state index contributed by atoms with van der Waals surface area (Å²) in [7, 11) is 1.70. The van der Waals surface area contributed by atoms with E-state index in [1.807, 2.05) is 31.7 Å². The smallest absolute Gasteiger partial charge is 0.317 e. The largest absolute Gasteiger partial charge is 0.379 e. The molecule has 1 fully saturated rings. The van der Waals surface area contributed by atoms with Crippen LogP contribution in [0.1, 0.15) is 51.6 Å². The van der Waals surface area contributed by atoms with Gasteiger partial charge in [-0.3, -0.25) is 5.10 Å². The number of aromatic nitrogens is 2. The Bertz CT molecular complexity index is 473. The first-order chi connectivity index (χ1) is 10.4. The number of nitrogens with zero attached hydrogens (tertiary/aromatic N) is 2. The highest BCUT2D eigenvalue weighted by atomic mass is 16.5. The highest BCUT2D eigenvalue weighted by molar-refractivity contribution is 5.74. The van der Waals surface area contributed by atoms with Crippen LogP contribution in [0, 0.1) is 0 Å². The molecular weight excluding hydrogens is 280 g/mol. The number of amides is 2. The second kappa shape index (κ2) is 7.13. The van der Waals surface area contributed by atoms with Crippen LogP contribution in [0.25, 0.3) is 0 Å². The summed E-state index contributed by atoms with van der Waals surface area (Å²) < 4.78 is 5.43. The minimum Gasteiger partial charge on any atom is -0.379 e. The second-order valence-corrected chi connectivity index (χ2v) is 6.82. The van der Waals surface area contributed by atoms with E-state index in [0.29, 0.717) is 5.92 Å². The fourth-order valence-electron chi connectivity index (χ4n) is 3.08. The molecule has 1 aliphatic heterocycles. The van der Waals surface area contributed by atoms with E-state index in [1.165, 1.54) is 0 Å². The van der Waals surface area contributed by atoms with Crippen molar-refractivity contribution in [1.29, 1.82) is 0 Å². The predicted octanol–water partition coefficient (Wildman–Crippen LogP) is 2.50. The van der Waals surface area contributed by atoms with Crippen molar-refractivity contribution < 1.29 is 9.53 Å². The number of carbonyl (C=O) groups is 1. The summed E-state index contributed by atoms with van der Waals surface area (Å²) in [6.07, 6.45) is 4.67. The molecule has 1 saturated heterocycles. The van der Waals surface area contributed by atoms with Crippen molar-refractivity contribution in [3.63, 3.8) is 0 Å². The number of aromatic amines is 1. The SMILES string of the molecule is COC(C)(C)C[C@@H](C)NC(=O)N1CCC[C@H](c2ccn[nH]2)C1. The predicted molar refractivity (Wildman–Crippen MR) is 85.8 cm³/mol. The molecule has 0 saturated carbocycles. The van der Waals surface area contributed by atoms with Crippen LogP contribution >= 0.6 is 0 Å². The molecule has 0 bridgehead atoms. The minimum absolute atomic E-state index is 0.0172. The quantitative estimate of drug-likeness (QED) is 0.878. The molecule has 1 aliphatic rings. The molecule has 1 aromatic heterocycles. The van der Waals surface area contributed by atoms with Gasteiger partial charge in [-0.15, -0.1) is 0 Å². The highest BCUT2D eigenvalue weighted by Gasteiger charge is 2.27. The van der Waals surface area contributed by atoms with Crippen molar-refractivity contribution in [1.82, 2.24) is 20.4 Å². The maximum Gasteiger partial charge on any atom is 0.317 e. The third kappa shape index (κ3) is 4.47. The Morgan fingerprint density at radius 1 is 1.64 bits per heavy atom. The average Bonchev–Trinajstić information content (AvgIpc) is 3.01. The van der Waals surface area contributed by atoms with Crippen molar-refractivity contribution in [2.45, 2.75) is 57.6 Å². The van der Waals surface area contributed by atoms with E-state index in [2.05, 4.69) is 15.5 Å². The van der Waals surface area contributed by atoms with Crippen molar-refractivity contribution in [2.75, 3.05) is 20.2 Å². The van der Waals surface area contributed by atoms with Crippen molar-refractivity contribution in [2.24, 2.45) is 0 Å². The fraction of sp³-hybridized carbons (Fsp3) is 0.750. The highest BCUT2D eigenvalue weighted by Crippen LogP contribution is 2.25. The molecule has 0 radical (unpaired) electrons. The van der Waals surface area contributed by atoms with E-state index in [0.717, 1.165) is 38.0 Å². The van der Waals surface area contributed by atoms with Crippen LogP contribution in [-0.2, 0) is 4.74 Å². The van der Waals surface area contributed by atoms with Crippen molar-refractivity contribution in [3.8, 4) is 0 Å². The number of piperidine rings is 1. The van der Waals surface area contributed by atoms with Crippen LogP contribution in [0.5, 0.6) is 0 Å². The molecule has 2 heterocycles. The molecule has 124 valence electrons. The summed E-state index contributed by atoms with van der Waals surface area (Å²) in [5.41, 5.74) is 0.888. The van der Waals surface area contributed by atoms with E-state index in [4.69, 9.17) is 4.74 Å². The van der Waals surface area contributed by atoms with Gasteiger partial charge in [0, 0.05) is 44.0 Å². The normalized spacial score (nSPS) is 20.7. The molecule has 2 N–H and O–H groups in total. The molecule has 2 atom stereocenters. The van der Waals surface area contributed by atoms with Gasteiger partial charge in [-0.05, 0) is 46.1 Å². The number of urea groups is 1. The lowest BCUT2D eigenvalue weighted by molar-refractivity contribution is 0.00906. The number of H-pyrrole nitrogens is 1. The number of hydrogen-bond acceptors (Lipinski definition) is 3. The molecule has 6 nitrogen and oxygen atoms in total. The first kappa shape index (κ1) is 16.8. The van der Waals surface area contributed by atoms with Gasteiger partial charge in [0.05, 0.1) is 5.60 Å². The first-order valence-electron chi connectivity index (χ1n) is 8.01. The molecular formula is C16H28N4O2. The third-order valence-electron chi connectivity index (χ3n) is 4.39. The Hall–Kier alpha value is -1.56. The molecule has 0 aliphatic carbocycles. The van der Waals surface area contributed by atoms with Crippen LogP contribution in [0.3, 0.4) is 0 Å². The van der Waals surface area contributed by atoms with Crippen LogP contribution in [0.15, 0.2) is 12.3 Å². The molecule has 1 aromatic rings. The van der Waals surface area contributed by atoms with Gasteiger partial charge in [0.15, 0.2) is 0 Å². The maximum atomic E-state index is 12.4. The van der Waals surface area contributed by atoms with Crippen LogP contribution in [-0.4, -0.2) is 53.0 Å². The number of likely N-dealkylation sites (tertiary alicyclic amines) is 1. The molecule has 22 heavy (non-hydrogen) atoms. The number of nitrogens with one attached hydrogen (secondary N) is 2. The zero-order valence-electron chi connectivity index (χ0n) is 14.1. The van der Waals surface area contributed by atoms with Gasteiger partial charge >= 0.3 is 6.03 Å². The van der Waals surface area contributed by atoms with Crippen LogP contribution < -0.4 is 5.32 Å². The number of rotatable bonds is 5. The monoisotopic (exact) mass is 308 g/mol. The summed E-state index contributed by atoms with van der Waals surface area (Å²) in [6, 6.07) is 2.09. The minimum atomic E-state index is -0.229. The topological polar surface area (TPSA) is 70.2 Å². The zero-order valence-corrected chi connectivity index (χ0v) is 14.1. The molecule has 2 amide bonds. The molecule has 2 rings (SSSR count). The van der Waals surface area contributed by atoms with Gasteiger partial charge in [0.1, 0.15) is 0 Å². The van der Waals surface area contributed by atoms with Crippen molar-refractivity contribution >= 4 is 6.03 Å².